The first kappa shape index (κ1) is 14.5. The van der Waals surface area contributed by atoms with E-state index in [1.807, 2.05) is 6.92 Å². The lowest BCUT2D eigenvalue weighted by Gasteiger charge is -2.13. The third-order valence-electron chi connectivity index (χ3n) is 2.85. The predicted octanol–water partition coefficient (Wildman–Crippen LogP) is 4.33. The van der Waals surface area contributed by atoms with E-state index in [0.29, 0.717) is 21.4 Å². The van der Waals surface area contributed by atoms with Gasteiger partial charge in [0.15, 0.2) is 0 Å². The van der Waals surface area contributed by atoms with E-state index in [-0.39, 0.29) is 11.3 Å². The smallest absolute Gasteiger partial charge is 0.337 e. The van der Waals surface area contributed by atoms with Gasteiger partial charge in [-0.2, -0.15) is 0 Å². The van der Waals surface area contributed by atoms with Crippen molar-refractivity contribution >= 4 is 46.2 Å². The highest BCUT2D eigenvalue weighted by molar-refractivity contribution is 6.35. The molecule has 0 saturated carbocycles. The second-order valence-electron chi connectivity index (χ2n) is 4.28. The van der Waals surface area contributed by atoms with Crippen LogP contribution in [0, 0.1) is 6.92 Å². The van der Waals surface area contributed by atoms with Crippen LogP contribution in [0.1, 0.15) is 15.9 Å². The van der Waals surface area contributed by atoms with Crippen LogP contribution in [0.25, 0.3) is 0 Å². The fourth-order valence-electron chi connectivity index (χ4n) is 1.75. The largest absolute Gasteiger partial charge is 0.478 e. The maximum atomic E-state index is 11.0. The van der Waals surface area contributed by atoms with E-state index >= 15 is 0 Å². The van der Waals surface area contributed by atoms with Crippen molar-refractivity contribution in [3.05, 3.63) is 51.5 Å². The third kappa shape index (κ3) is 2.81. The maximum absolute atomic E-state index is 11.0. The summed E-state index contributed by atoms with van der Waals surface area (Å²) in [6.45, 7) is 1.84. The molecule has 0 fully saturated rings. The Morgan fingerprint density at radius 1 is 1.20 bits per heavy atom. The zero-order chi connectivity index (χ0) is 14.9. The number of benzene rings is 2. The molecular formula is C14H12Cl2N2O2. The van der Waals surface area contributed by atoms with E-state index < -0.39 is 5.97 Å². The number of carboxylic acid groups (broad SMARTS) is 1. The van der Waals surface area contributed by atoms with Gasteiger partial charge in [-0.05, 0) is 36.8 Å². The average molecular weight is 311 g/mol. The Hall–Kier alpha value is -1.91. The summed E-state index contributed by atoms with van der Waals surface area (Å²) in [6.07, 6.45) is 0. The normalized spacial score (nSPS) is 10.3. The Kier molecular flexibility index (Phi) is 4.06. The molecule has 2 aromatic carbocycles. The Morgan fingerprint density at radius 3 is 2.55 bits per heavy atom. The van der Waals surface area contributed by atoms with Crippen LogP contribution >= 0.6 is 23.2 Å². The van der Waals surface area contributed by atoms with Gasteiger partial charge in [-0.3, -0.25) is 0 Å². The molecule has 0 aliphatic carbocycles. The molecule has 0 amide bonds. The quantitative estimate of drug-likeness (QED) is 0.738. The van der Waals surface area contributed by atoms with Crippen molar-refractivity contribution in [2.45, 2.75) is 6.92 Å². The predicted molar refractivity (Wildman–Crippen MR) is 82.3 cm³/mol. The molecule has 6 heteroatoms. The number of carbonyl (C=O) groups is 1. The number of aryl methyl sites for hydroxylation is 1. The summed E-state index contributed by atoms with van der Waals surface area (Å²) in [5.74, 6) is -1.08. The SMILES string of the molecule is Cc1cc(Cl)c(Nc2cccc(C(=O)O)c2N)cc1Cl. The van der Waals surface area contributed by atoms with Crippen molar-refractivity contribution in [3.63, 3.8) is 0 Å². The van der Waals surface area contributed by atoms with Gasteiger partial charge in [0.2, 0.25) is 0 Å². The molecule has 4 nitrogen and oxygen atoms in total. The number of nitrogens with two attached hydrogens (primary N) is 1. The first-order chi connectivity index (χ1) is 9.40. The van der Waals surface area contributed by atoms with Crippen molar-refractivity contribution in [2.24, 2.45) is 0 Å². The number of anilines is 3. The first-order valence-electron chi connectivity index (χ1n) is 5.74. The van der Waals surface area contributed by atoms with Gasteiger partial charge in [-0.15, -0.1) is 0 Å². The second kappa shape index (κ2) is 5.61. The molecule has 0 aliphatic rings. The van der Waals surface area contributed by atoms with E-state index in [2.05, 4.69) is 5.32 Å². The average Bonchev–Trinajstić information content (AvgIpc) is 2.37. The fraction of sp³-hybridized carbons (Fsp3) is 0.0714. The topological polar surface area (TPSA) is 75.3 Å². The van der Waals surface area contributed by atoms with Gasteiger partial charge < -0.3 is 16.2 Å². The molecule has 0 atom stereocenters. The van der Waals surface area contributed by atoms with Crippen molar-refractivity contribution < 1.29 is 9.90 Å². The number of carboxylic acids is 1. The number of para-hydroxylation sites is 1. The summed E-state index contributed by atoms with van der Waals surface area (Å²) in [5.41, 5.74) is 7.90. The van der Waals surface area contributed by atoms with Gasteiger partial charge >= 0.3 is 5.97 Å². The van der Waals surface area contributed by atoms with Gasteiger partial charge in [-0.1, -0.05) is 29.3 Å². The van der Waals surface area contributed by atoms with Crippen molar-refractivity contribution in [1.29, 1.82) is 0 Å². The van der Waals surface area contributed by atoms with Crippen LogP contribution in [0.15, 0.2) is 30.3 Å². The molecule has 0 spiro atoms. The van der Waals surface area contributed by atoms with Gasteiger partial charge in [0.25, 0.3) is 0 Å². The van der Waals surface area contributed by atoms with Crippen LogP contribution in [0.5, 0.6) is 0 Å². The standard InChI is InChI=1S/C14H12Cl2N2O2/c1-7-5-10(16)12(6-9(7)15)18-11-4-2-3-8(13(11)17)14(19)20/h2-6,18H,17H2,1H3,(H,19,20). The minimum absolute atomic E-state index is 0.0318. The summed E-state index contributed by atoms with van der Waals surface area (Å²) in [5, 5.41) is 13.1. The number of rotatable bonds is 3. The van der Waals surface area contributed by atoms with Crippen molar-refractivity contribution in [1.82, 2.24) is 0 Å². The molecule has 0 aromatic heterocycles. The van der Waals surface area contributed by atoms with Crippen LogP contribution in [0.4, 0.5) is 17.1 Å². The molecule has 2 rings (SSSR count). The summed E-state index contributed by atoms with van der Waals surface area (Å²) in [6, 6.07) is 8.11. The summed E-state index contributed by atoms with van der Waals surface area (Å²) in [4.78, 5) is 11.0. The molecule has 0 heterocycles. The summed E-state index contributed by atoms with van der Waals surface area (Å²) in [7, 11) is 0. The third-order valence-corrected chi connectivity index (χ3v) is 3.57. The highest BCUT2D eigenvalue weighted by Crippen LogP contribution is 2.33. The minimum atomic E-state index is -1.08. The number of hydrogen-bond donors (Lipinski definition) is 3. The van der Waals surface area contributed by atoms with Crippen molar-refractivity contribution in [2.75, 3.05) is 11.1 Å². The van der Waals surface area contributed by atoms with Crippen LogP contribution in [0.2, 0.25) is 10.0 Å². The van der Waals surface area contributed by atoms with Gasteiger partial charge in [0.05, 0.1) is 27.6 Å². The second-order valence-corrected chi connectivity index (χ2v) is 5.09. The minimum Gasteiger partial charge on any atom is -0.478 e. The Morgan fingerprint density at radius 2 is 1.90 bits per heavy atom. The van der Waals surface area contributed by atoms with Gasteiger partial charge in [0, 0.05) is 5.02 Å². The fourth-order valence-corrected chi connectivity index (χ4v) is 2.18. The van der Waals surface area contributed by atoms with E-state index in [0.717, 1.165) is 5.56 Å². The van der Waals surface area contributed by atoms with Crippen LogP contribution in [0.3, 0.4) is 0 Å². The highest BCUT2D eigenvalue weighted by Gasteiger charge is 2.12. The molecule has 2 aromatic rings. The van der Waals surface area contributed by atoms with Crippen molar-refractivity contribution in [3.8, 4) is 0 Å². The van der Waals surface area contributed by atoms with Crippen LogP contribution in [-0.4, -0.2) is 11.1 Å². The first-order valence-corrected chi connectivity index (χ1v) is 6.50. The highest BCUT2D eigenvalue weighted by atomic mass is 35.5. The number of nitrogens with one attached hydrogen (secondary N) is 1. The molecule has 104 valence electrons. The van der Waals surface area contributed by atoms with E-state index in [1.54, 1.807) is 24.3 Å². The van der Waals surface area contributed by atoms with E-state index in [1.165, 1.54) is 6.07 Å². The molecule has 0 saturated heterocycles. The zero-order valence-electron chi connectivity index (χ0n) is 10.6. The molecule has 20 heavy (non-hydrogen) atoms. The number of hydrogen-bond acceptors (Lipinski definition) is 3. The lowest BCUT2D eigenvalue weighted by atomic mass is 10.1. The van der Waals surface area contributed by atoms with Crippen LogP contribution < -0.4 is 11.1 Å². The maximum Gasteiger partial charge on any atom is 0.337 e. The number of halogens is 2. The summed E-state index contributed by atoms with van der Waals surface area (Å²) >= 11 is 12.2. The molecule has 0 bridgehead atoms. The van der Waals surface area contributed by atoms with E-state index in [9.17, 15) is 4.79 Å². The zero-order valence-corrected chi connectivity index (χ0v) is 12.1. The van der Waals surface area contributed by atoms with Gasteiger partial charge in [-0.25, -0.2) is 4.79 Å². The Bertz CT molecular complexity index is 687. The lowest BCUT2D eigenvalue weighted by Crippen LogP contribution is -2.05. The summed E-state index contributed by atoms with van der Waals surface area (Å²) < 4.78 is 0. The van der Waals surface area contributed by atoms with Gasteiger partial charge in [0.1, 0.15) is 0 Å². The molecule has 0 aliphatic heterocycles. The van der Waals surface area contributed by atoms with E-state index in [4.69, 9.17) is 34.0 Å². The monoisotopic (exact) mass is 310 g/mol. The number of nitrogen functional groups attached to an aromatic ring is 1. The van der Waals surface area contributed by atoms with Crippen LogP contribution in [-0.2, 0) is 0 Å². The Labute approximate surface area is 126 Å². The molecule has 4 N–H and O–H groups in total. The molecular weight excluding hydrogens is 299 g/mol. The lowest BCUT2D eigenvalue weighted by molar-refractivity contribution is 0.0698. The Balaban J connectivity index is 2.43. The molecule has 0 unspecified atom stereocenters. The number of aromatic carboxylic acids is 1. The molecule has 0 radical (unpaired) electrons.